The molecule has 10 nitrogen and oxygen atoms in total. The molecule has 3 aromatic rings. The minimum atomic E-state index is -4.43. The van der Waals surface area contributed by atoms with E-state index in [4.69, 9.17) is 9.26 Å². The Morgan fingerprint density at radius 1 is 1.19 bits per heavy atom. The lowest BCUT2D eigenvalue weighted by Crippen LogP contribution is -2.49. The number of aliphatic hydroxyl groups is 1. The van der Waals surface area contributed by atoms with E-state index in [9.17, 15) is 31.5 Å². The summed E-state index contributed by atoms with van der Waals surface area (Å²) in [4.78, 5) is 17.0. The number of sulfonamides is 1. The molecule has 0 spiro atoms. The molecule has 0 saturated heterocycles. The zero-order valence-corrected chi connectivity index (χ0v) is 25.3. The number of aryl methyl sites for hydroxylation is 2. The van der Waals surface area contributed by atoms with Crippen molar-refractivity contribution in [1.29, 1.82) is 0 Å². The molecule has 234 valence electrons. The highest BCUT2D eigenvalue weighted by atomic mass is 32.2. The van der Waals surface area contributed by atoms with Gasteiger partial charge in [-0.3, -0.25) is 14.4 Å². The van der Waals surface area contributed by atoms with Gasteiger partial charge in [-0.2, -0.15) is 13.2 Å². The summed E-state index contributed by atoms with van der Waals surface area (Å²) in [6, 6.07) is 8.91. The molecule has 1 amide bonds. The number of aliphatic hydroxyl groups excluding tert-OH is 1. The molecular formula is C29H35F3N4O6S. The maximum absolute atomic E-state index is 13.7. The smallest absolute Gasteiger partial charge is 0.416 e. The molecule has 0 fully saturated rings. The first-order chi connectivity index (χ1) is 20.1. The van der Waals surface area contributed by atoms with E-state index in [-0.39, 0.29) is 52.4 Å². The lowest BCUT2D eigenvalue weighted by atomic mass is 9.99. The Balaban J connectivity index is 1.68. The van der Waals surface area contributed by atoms with Crippen LogP contribution in [0.4, 0.5) is 18.9 Å². The normalized spacial score (nSPS) is 18.6. The zero-order valence-electron chi connectivity index (χ0n) is 24.5. The molecule has 1 aliphatic heterocycles. The fourth-order valence-electron chi connectivity index (χ4n) is 5.08. The fourth-order valence-corrected chi connectivity index (χ4v) is 6.47. The number of ether oxygens (including phenoxy) is 1. The molecule has 0 unspecified atom stereocenters. The first-order valence-corrected chi connectivity index (χ1v) is 15.1. The second-order valence-corrected chi connectivity index (χ2v) is 12.6. The summed E-state index contributed by atoms with van der Waals surface area (Å²) in [5.41, 5.74) is 0.239. The predicted molar refractivity (Wildman–Crippen MR) is 152 cm³/mol. The molecule has 43 heavy (non-hydrogen) atoms. The largest absolute Gasteiger partial charge is 0.486 e. The van der Waals surface area contributed by atoms with E-state index in [1.54, 1.807) is 14.0 Å². The van der Waals surface area contributed by atoms with Gasteiger partial charge in [0.05, 0.1) is 29.5 Å². The second-order valence-electron chi connectivity index (χ2n) is 11.0. The van der Waals surface area contributed by atoms with E-state index in [1.807, 2.05) is 11.8 Å². The number of fused-ring (bicyclic) bond motifs is 1. The quantitative estimate of drug-likeness (QED) is 0.358. The fraction of sp³-hybridized carbons (Fsp3) is 0.448. The molecule has 2 aromatic carbocycles. The van der Waals surface area contributed by atoms with Crippen molar-refractivity contribution in [2.75, 3.05) is 31.5 Å². The average Bonchev–Trinajstić information content (AvgIpc) is 3.28. The summed E-state index contributed by atoms with van der Waals surface area (Å²) in [7, 11) is -2.40. The highest BCUT2D eigenvalue weighted by Gasteiger charge is 2.36. The van der Waals surface area contributed by atoms with Crippen molar-refractivity contribution in [3.8, 4) is 5.75 Å². The van der Waals surface area contributed by atoms with Crippen LogP contribution in [0.5, 0.6) is 5.75 Å². The van der Waals surface area contributed by atoms with Crippen molar-refractivity contribution in [2.24, 2.45) is 5.92 Å². The van der Waals surface area contributed by atoms with Crippen molar-refractivity contribution in [3.63, 3.8) is 0 Å². The van der Waals surface area contributed by atoms with Gasteiger partial charge in [-0.1, -0.05) is 30.3 Å². The minimum absolute atomic E-state index is 0.0254. The second kappa shape index (κ2) is 12.5. The van der Waals surface area contributed by atoms with Gasteiger partial charge in [-0.05, 0) is 57.6 Å². The Morgan fingerprint density at radius 3 is 2.44 bits per heavy atom. The number of benzene rings is 2. The Labute approximate surface area is 248 Å². The van der Waals surface area contributed by atoms with E-state index < -0.39 is 39.8 Å². The first kappa shape index (κ1) is 32.3. The lowest BCUT2D eigenvalue weighted by molar-refractivity contribution is -0.137. The number of nitrogens with zero attached hydrogens (tertiary/aromatic N) is 3. The van der Waals surface area contributed by atoms with Gasteiger partial charge >= 0.3 is 6.18 Å². The summed E-state index contributed by atoms with van der Waals surface area (Å²) in [6.07, 6.45) is -5.01. The number of nitrogens with one attached hydrogen (secondary N) is 1. The lowest BCUT2D eigenvalue weighted by Gasteiger charge is -2.38. The van der Waals surface area contributed by atoms with Crippen LogP contribution in [0.3, 0.4) is 0 Å². The standard InChI is InChI=1S/C29H35F3N4O6S/c1-17-13-36(18(2)16-37)28(38)23-7-6-8-24(34-43(39,40)27-19(3)33-42-20(27)4)26(23)41-25(17)15-35(5)14-21-9-11-22(12-10-21)29(30,31)32/h6-12,17-18,25,34,37H,13-16H2,1-5H3/t17-,18-,25+/m1/s1. The van der Waals surface area contributed by atoms with Crippen LogP contribution in [0.15, 0.2) is 51.9 Å². The number of hydrogen-bond acceptors (Lipinski definition) is 8. The monoisotopic (exact) mass is 624 g/mol. The van der Waals surface area contributed by atoms with E-state index in [2.05, 4.69) is 9.88 Å². The maximum Gasteiger partial charge on any atom is 0.416 e. The summed E-state index contributed by atoms with van der Waals surface area (Å²) in [5.74, 6) is -0.593. The van der Waals surface area contributed by atoms with Crippen molar-refractivity contribution < 1.29 is 40.8 Å². The average molecular weight is 625 g/mol. The number of alkyl halides is 3. The van der Waals surface area contributed by atoms with Crippen LogP contribution in [-0.4, -0.2) is 73.3 Å². The Bertz CT molecular complexity index is 1540. The SMILES string of the molecule is Cc1noc(C)c1S(=O)(=O)Nc1cccc2c1O[C@@H](CN(C)Cc1ccc(C(F)(F)F)cc1)[C@H](C)CN([C@H](C)CO)C2=O. The molecule has 1 aromatic heterocycles. The van der Waals surface area contributed by atoms with Crippen molar-refractivity contribution in [1.82, 2.24) is 15.0 Å². The topological polar surface area (TPSA) is 125 Å². The summed E-state index contributed by atoms with van der Waals surface area (Å²) < 4.78 is 79.8. The Hall–Kier alpha value is -3.62. The number of carbonyl (C=O) groups is 1. The summed E-state index contributed by atoms with van der Waals surface area (Å²) in [6.45, 7) is 7.13. The number of aromatic nitrogens is 1. The van der Waals surface area contributed by atoms with Crippen molar-refractivity contribution >= 4 is 21.6 Å². The number of halogens is 3. The third-order valence-electron chi connectivity index (χ3n) is 7.40. The molecule has 0 radical (unpaired) electrons. The molecule has 1 aliphatic rings. The van der Waals surface area contributed by atoms with Crippen LogP contribution in [0.2, 0.25) is 0 Å². The van der Waals surface area contributed by atoms with Gasteiger partial charge in [0, 0.05) is 25.6 Å². The van der Waals surface area contributed by atoms with E-state index >= 15 is 0 Å². The van der Waals surface area contributed by atoms with Crippen LogP contribution >= 0.6 is 0 Å². The van der Waals surface area contributed by atoms with Crippen LogP contribution in [0, 0.1) is 19.8 Å². The number of hydrogen-bond donors (Lipinski definition) is 2. The molecule has 0 saturated carbocycles. The third-order valence-corrected chi connectivity index (χ3v) is 9.01. The number of carbonyl (C=O) groups excluding carboxylic acids is 1. The van der Waals surface area contributed by atoms with Crippen LogP contribution in [0.25, 0.3) is 0 Å². The number of likely N-dealkylation sites (N-methyl/N-ethyl adjacent to an activating group) is 1. The van der Waals surface area contributed by atoms with Crippen LogP contribution in [-0.2, 0) is 22.7 Å². The van der Waals surface area contributed by atoms with E-state index in [0.717, 1.165) is 12.1 Å². The van der Waals surface area contributed by atoms with Gasteiger partial charge in [-0.15, -0.1) is 0 Å². The summed E-state index contributed by atoms with van der Waals surface area (Å²) in [5, 5.41) is 13.6. The molecule has 14 heteroatoms. The first-order valence-electron chi connectivity index (χ1n) is 13.6. The Morgan fingerprint density at radius 2 is 1.86 bits per heavy atom. The third kappa shape index (κ3) is 7.13. The van der Waals surface area contributed by atoms with Crippen molar-refractivity contribution in [3.05, 3.63) is 70.6 Å². The van der Waals surface area contributed by atoms with Gasteiger partial charge in [-0.25, -0.2) is 8.42 Å². The number of para-hydroxylation sites is 1. The highest BCUT2D eigenvalue weighted by molar-refractivity contribution is 7.92. The van der Waals surface area contributed by atoms with Gasteiger partial charge < -0.3 is 19.3 Å². The molecule has 2 heterocycles. The van der Waals surface area contributed by atoms with Gasteiger partial charge in [0.1, 0.15) is 11.8 Å². The number of rotatable bonds is 9. The summed E-state index contributed by atoms with van der Waals surface area (Å²) >= 11 is 0. The molecule has 0 bridgehead atoms. The molecule has 0 aliphatic carbocycles. The van der Waals surface area contributed by atoms with E-state index in [0.29, 0.717) is 18.7 Å². The molecule has 2 N–H and O–H groups in total. The van der Waals surface area contributed by atoms with Crippen LogP contribution in [0.1, 0.15) is 46.8 Å². The zero-order chi connectivity index (χ0) is 31.7. The van der Waals surface area contributed by atoms with Crippen molar-refractivity contribution in [2.45, 2.75) is 57.5 Å². The Kier molecular flexibility index (Phi) is 9.42. The maximum atomic E-state index is 13.7. The van der Waals surface area contributed by atoms with Gasteiger partial charge in [0.25, 0.3) is 15.9 Å². The van der Waals surface area contributed by atoms with Crippen LogP contribution < -0.4 is 9.46 Å². The van der Waals surface area contributed by atoms with Gasteiger partial charge in [0.15, 0.2) is 16.4 Å². The highest BCUT2D eigenvalue weighted by Crippen LogP contribution is 2.37. The molecule has 3 atom stereocenters. The van der Waals surface area contributed by atoms with E-state index in [1.165, 1.54) is 49.1 Å². The number of anilines is 1. The predicted octanol–water partition coefficient (Wildman–Crippen LogP) is 4.46. The number of amides is 1. The molecular weight excluding hydrogens is 589 g/mol. The minimum Gasteiger partial charge on any atom is -0.486 e. The molecule has 4 rings (SSSR count). The van der Waals surface area contributed by atoms with Gasteiger partial charge in [0.2, 0.25) is 0 Å².